The average molecular weight is 335 g/mol. The van der Waals surface area contributed by atoms with Crippen LogP contribution in [0.2, 0.25) is 0 Å². The van der Waals surface area contributed by atoms with Gasteiger partial charge >= 0.3 is 0 Å². The molecule has 0 aliphatic heterocycles. The highest BCUT2D eigenvalue weighted by Crippen LogP contribution is 2.29. The third-order valence-corrected chi connectivity index (χ3v) is 3.37. The van der Waals surface area contributed by atoms with Crippen LogP contribution in [0.5, 0.6) is 11.6 Å². The normalized spacial score (nSPS) is 10.7. The van der Waals surface area contributed by atoms with Gasteiger partial charge in [0.15, 0.2) is 0 Å². The number of aromatic nitrogens is 2. The first-order valence-corrected chi connectivity index (χ1v) is 6.54. The molecule has 0 aliphatic carbocycles. The standard InChI is InChI=1S/C14H8BrFN2O2/c15-11-7-18-14(12-10(11)4-5-17-13(12)19)20-9-3-1-2-8(16)6-9/h1-7H,(H,17,19). The van der Waals surface area contributed by atoms with Crippen molar-refractivity contribution in [1.29, 1.82) is 0 Å². The number of halogens is 2. The molecule has 0 saturated heterocycles. The highest BCUT2D eigenvalue weighted by Gasteiger charge is 2.11. The third kappa shape index (κ3) is 2.30. The van der Waals surface area contributed by atoms with Crippen LogP contribution < -0.4 is 10.3 Å². The zero-order valence-corrected chi connectivity index (χ0v) is 11.6. The van der Waals surface area contributed by atoms with E-state index in [1.54, 1.807) is 18.3 Å². The summed E-state index contributed by atoms with van der Waals surface area (Å²) in [6, 6.07) is 7.39. The lowest BCUT2D eigenvalue weighted by molar-refractivity contribution is 0.463. The molecule has 100 valence electrons. The predicted molar refractivity (Wildman–Crippen MR) is 76.5 cm³/mol. The van der Waals surface area contributed by atoms with E-state index in [-0.39, 0.29) is 17.2 Å². The van der Waals surface area contributed by atoms with Gasteiger partial charge in [0.25, 0.3) is 5.56 Å². The molecule has 0 fully saturated rings. The van der Waals surface area contributed by atoms with Gasteiger partial charge in [0.2, 0.25) is 5.88 Å². The summed E-state index contributed by atoms with van der Waals surface area (Å²) >= 11 is 3.33. The second-order valence-corrected chi connectivity index (χ2v) is 4.92. The smallest absolute Gasteiger partial charge is 0.261 e. The summed E-state index contributed by atoms with van der Waals surface area (Å²) in [7, 11) is 0. The summed E-state index contributed by atoms with van der Waals surface area (Å²) < 4.78 is 19.4. The maximum atomic E-state index is 13.2. The molecule has 2 aromatic heterocycles. The Morgan fingerprint density at radius 3 is 2.95 bits per heavy atom. The second kappa shape index (κ2) is 5.05. The van der Waals surface area contributed by atoms with Crippen molar-refractivity contribution in [3.05, 3.63) is 63.4 Å². The molecule has 0 bridgehead atoms. The number of hydrogen-bond donors (Lipinski definition) is 1. The van der Waals surface area contributed by atoms with Gasteiger partial charge in [-0.25, -0.2) is 9.37 Å². The summed E-state index contributed by atoms with van der Waals surface area (Å²) in [5.74, 6) is -0.00199. The van der Waals surface area contributed by atoms with Crippen molar-refractivity contribution < 1.29 is 9.13 Å². The number of fused-ring (bicyclic) bond motifs is 1. The number of ether oxygens (including phenoxy) is 1. The molecule has 3 aromatic rings. The molecule has 0 unspecified atom stereocenters. The van der Waals surface area contributed by atoms with Gasteiger partial charge in [-0.15, -0.1) is 0 Å². The van der Waals surface area contributed by atoms with Crippen LogP contribution in [0.25, 0.3) is 10.8 Å². The molecule has 0 saturated carbocycles. The van der Waals surface area contributed by atoms with Gasteiger partial charge in [-0.1, -0.05) is 6.07 Å². The predicted octanol–water partition coefficient (Wildman–Crippen LogP) is 3.62. The first-order chi connectivity index (χ1) is 9.65. The topological polar surface area (TPSA) is 55.0 Å². The number of pyridine rings is 2. The van der Waals surface area contributed by atoms with Crippen LogP contribution in [0.3, 0.4) is 0 Å². The molecule has 1 N–H and O–H groups in total. The van der Waals surface area contributed by atoms with E-state index >= 15 is 0 Å². The Labute approximate surface area is 121 Å². The zero-order valence-electron chi connectivity index (χ0n) is 10.1. The Balaban J connectivity index is 2.17. The zero-order chi connectivity index (χ0) is 14.1. The van der Waals surface area contributed by atoms with Crippen LogP contribution in [0.15, 0.2) is 52.0 Å². The Kier molecular flexibility index (Phi) is 3.23. The van der Waals surface area contributed by atoms with E-state index in [0.29, 0.717) is 15.2 Å². The second-order valence-electron chi connectivity index (χ2n) is 4.07. The fourth-order valence-corrected chi connectivity index (χ4v) is 2.29. The minimum atomic E-state index is -0.419. The van der Waals surface area contributed by atoms with Crippen molar-refractivity contribution in [3.8, 4) is 11.6 Å². The molecule has 0 atom stereocenters. The van der Waals surface area contributed by atoms with Gasteiger partial charge in [-0.3, -0.25) is 4.79 Å². The number of H-pyrrole nitrogens is 1. The van der Waals surface area contributed by atoms with Crippen molar-refractivity contribution in [2.24, 2.45) is 0 Å². The van der Waals surface area contributed by atoms with E-state index in [2.05, 4.69) is 25.9 Å². The number of hydrogen-bond acceptors (Lipinski definition) is 3. The quantitative estimate of drug-likeness (QED) is 0.778. The molecule has 0 radical (unpaired) electrons. The van der Waals surface area contributed by atoms with Crippen molar-refractivity contribution in [1.82, 2.24) is 9.97 Å². The van der Waals surface area contributed by atoms with Crippen LogP contribution in [0, 0.1) is 5.82 Å². The van der Waals surface area contributed by atoms with Crippen LogP contribution in [0.1, 0.15) is 0 Å². The van der Waals surface area contributed by atoms with E-state index in [4.69, 9.17) is 4.74 Å². The number of nitrogens with one attached hydrogen (secondary N) is 1. The lowest BCUT2D eigenvalue weighted by Gasteiger charge is -2.08. The molecule has 4 nitrogen and oxygen atoms in total. The largest absolute Gasteiger partial charge is 0.438 e. The number of nitrogens with zero attached hydrogens (tertiary/aromatic N) is 1. The minimum Gasteiger partial charge on any atom is -0.438 e. The molecule has 0 amide bonds. The van der Waals surface area contributed by atoms with Crippen LogP contribution in [0.4, 0.5) is 4.39 Å². The van der Waals surface area contributed by atoms with Crippen molar-refractivity contribution in [2.45, 2.75) is 0 Å². The van der Waals surface area contributed by atoms with E-state index in [0.717, 1.165) is 0 Å². The van der Waals surface area contributed by atoms with Crippen molar-refractivity contribution in [2.75, 3.05) is 0 Å². The van der Waals surface area contributed by atoms with E-state index in [9.17, 15) is 9.18 Å². The molecular formula is C14H8BrFN2O2. The fourth-order valence-electron chi connectivity index (χ4n) is 1.86. The molecular weight excluding hydrogens is 327 g/mol. The summed E-state index contributed by atoms with van der Waals surface area (Å²) in [4.78, 5) is 18.6. The van der Waals surface area contributed by atoms with E-state index < -0.39 is 5.82 Å². The Morgan fingerprint density at radius 1 is 1.30 bits per heavy atom. The lowest BCUT2D eigenvalue weighted by Crippen LogP contribution is -2.07. The minimum absolute atomic E-state index is 0.135. The highest BCUT2D eigenvalue weighted by atomic mass is 79.9. The van der Waals surface area contributed by atoms with Gasteiger partial charge in [-0.2, -0.15) is 0 Å². The number of rotatable bonds is 2. The molecule has 3 rings (SSSR count). The lowest BCUT2D eigenvalue weighted by atomic mass is 10.2. The average Bonchev–Trinajstić information content (AvgIpc) is 2.42. The van der Waals surface area contributed by atoms with Crippen LogP contribution >= 0.6 is 15.9 Å². The molecule has 0 spiro atoms. The summed E-state index contributed by atoms with van der Waals surface area (Å²) in [6.45, 7) is 0. The maximum Gasteiger partial charge on any atom is 0.261 e. The Hall–Kier alpha value is -2.21. The van der Waals surface area contributed by atoms with Gasteiger partial charge in [0, 0.05) is 28.3 Å². The SMILES string of the molecule is O=c1[nH]ccc2c(Br)cnc(Oc3cccc(F)c3)c12. The summed E-state index contributed by atoms with van der Waals surface area (Å²) in [5, 5.41) is 0.987. The van der Waals surface area contributed by atoms with E-state index in [1.807, 2.05) is 0 Å². The number of aromatic amines is 1. The summed E-state index contributed by atoms with van der Waals surface area (Å²) in [5.41, 5.74) is -0.317. The number of benzene rings is 1. The third-order valence-electron chi connectivity index (χ3n) is 2.74. The van der Waals surface area contributed by atoms with E-state index in [1.165, 1.54) is 24.4 Å². The van der Waals surface area contributed by atoms with Gasteiger partial charge in [0.05, 0.1) is 0 Å². The Morgan fingerprint density at radius 2 is 2.15 bits per heavy atom. The molecule has 6 heteroatoms. The summed E-state index contributed by atoms with van der Waals surface area (Å²) in [6.07, 6.45) is 3.08. The highest BCUT2D eigenvalue weighted by molar-refractivity contribution is 9.10. The van der Waals surface area contributed by atoms with Gasteiger partial charge < -0.3 is 9.72 Å². The maximum absolute atomic E-state index is 13.2. The first kappa shape index (κ1) is 12.8. The van der Waals surface area contributed by atoms with Crippen LogP contribution in [-0.4, -0.2) is 9.97 Å². The molecule has 1 aromatic carbocycles. The fraction of sp³-hybridized carbons (Fsp3) is 0. The van der Waals surface area contributed by atoms with Crippen molar-refractivity contribution in [3.63, 3.8) is 0 Å². The first-order valence-electron chi connectivity index (χ1n) is 5.74. The van der Waals surface area contributed by atoms with Crippen LogP contribution in [-0.2, 0) is 0 Å². The molecule has 2 heterocycles. The van der Waals surface area contributed by atoms with Crippen molar-refractivity contribution >= 4 is 26.7 Å². The monoisotopic (exact) mass is 334 g/mol. The molecule has 20 heavy (non-hydrogen) atoms. The Bertz CT molecular complexity index is 848. The van der Waals surface area contributed by atoms with Gasteiger partial charge in [-0.05, 0) is 34.1 Å². The van der Waals surface area contributed by atoms with Gasteiger partial charge in [0.1, 0.15) is 17.0 Å². The molecule has 0 aliphatic rings.